The van der Waals surface area contributed by atoms with E-state index in [1.165, 1.54) is 6.92 Å². The number of likely N-dealkylation sites (tertiary alicyclic amines) is 1. The van der Waals surface area contributed by atoms with Crippen LogP contribution in [0.3, 0.4) is 0 Å². The summed E-state index contributed by atoms with van der Waals surface area (Å²) in [4.78, 5) is 30.5. The second-order valence-corrected chi connectivity index (χ2v) is 6.76. The largest absolute Gasteiger partial charge is 0.433 e. The van der Waals surface area contributed by atoms with E-state index in [9.17, 15) is 22.8 Å². The Morgan fingerprint density at radius 2 is 1.71 bits per heavy atom. The van der Waals surface area contributed by atoms with Crippen LogP contribution in [0.25, 0.3) is 0 Å². The highest BCUT2D eigenvalue weighted by Crippen LogP contribution is 2.28. The molecule has 148 valence electrons. The highest BCUT2D eigenvalue weighted by atomic mass is 19.4. The van der Waals surface area contributed by atoms with Gasteiger partial charge in [0.15, 0.2) is 0 Å². The third-order valence-electron chi connectivity index (χ3n) is 4.83. The van der Waals surface area contributed by atoms with Crippen LogP contribution in [0.15, 0.2) is 30.3 Å². The van der Waals surface area contributed by atoms with Crippen molar-refractivity contribution in [3.05, 3.63) is 58.4 Å². The standard InChI is InChI=1S/C20H20F3N3O2/c1-12-14(19(28)26-10-3-4-11-26)6-5-7-16(12)25-18(27)15-8-9-17(20(21,22)23)24-13(15)2/h5-9H,3-4,10-11H2,1-2H3,(H,25,27). The lowest BCUT2D eigenvalue weighted by atomic mass is 10.0. The quantitative estimate of drug-likeness (QED) is 0.853. The molecule has 2 aromatic rings. The molecule has 1 aromatic heterocycles. The number of halogens is 3. The molecule has 28 heavy (non-hydrogen) atoms. The fourth-order valence-electron chi connectivity index (χ4n) is 3.24. The summed E-state index contributed by atoms with van der Waals surface area (Å²) in [5, 5.41) is 2.68. The number of alkyl halides is 3. The highest BCUT2D eigenvalue weighted by molar-refractivity contribution is 6.06. The van der Waals surface area contributed by atoms with Gasteiger partial charge in [-0.2, -0.15) is 13.2 Å². The molecule has 2 heterocycles. The van der Waals surface area contributed by atoms with Gasteiger partial charge in [-0.05, 0) is 56.5 Å². The maximum atomic E-state index is 12.7. The van der Waals surface area contributed by atoms with Gasteiger partial charge in [-0.15, -0.1) is 0 Å². The van der Waals surface area contributed by atoms with E-state index in [1.807, 2.05) is 0 Å². The first kappa shape index (κ1) is 19.9. The second kappa shape index (κ2) is 7.61. The highest BCUT2D eigenvalue weighted by Gasteiger charge is 2.33. The average Bonchev–Trinajstić information content (AvgIpc) is 3.16. The summed E-state index contributed by atoms with van der Waals surface area (Å²) >= 11 is 0. The van der Waals surface area contributed by atoms with Crippen molar-refractivity contribution in [2.75, 3.05) is 18.4 Å². The number of rotatable bonds is 3. The monoisotopic (exact) mass is 391 g/mol. The van der Waals surface area contributed by atoms with Crippen LogP contribution in [0.2, 0.25) is 0 Å². The minimum Gasteiger partial charge on any atom is -0.339 e. The molecular weight excluding hydrogens is 371 g/mol. The number of hydrogen-bond donors (Lipinski definition) is 1. The van der Waals surface area contributed by atoms with E-state index >= 15 is 0 Å². The van der Waals surface area contributed by atoms with Gasteiger partial charge in [-0.3, -0.25) is 9.59 Å². The summed E-state index contributed by atoms with van der Waals surface area (Å²) < 4.78 is 38.2. The zero-order chi connectivity index (χ0) is 20.5. The number of pyridine rings is 1. The number of hydrogen-bond acceptors (Lipinski definition) is 3. The predicted molar refractivity (Wildman–Crippen MR) is 98.2 cm³/mol. The molecular formula is C20H20F3N3O2. The molecule has 8 heteroatoms. The van der Waals surface area contributed by atoms with E-state index in [0.717, 1.165) is 25.0 Å². The van der Waals surface area contributed by atoms with E-state index < -0.39 is 17.8 Å². The Bertz CT molecular complexity index is 919. The fraction of sp³-hybridized carbons (Fsp3) is 0.350. The van der Waals surface area contributed by atoms with Crippen molar-refractivity contribution >= 4 is 17.5 Å². The maximum absolute atomic E-state index is 12.7. The first-order valence-corrected chi connectivity index (χ1v) is 8.93. The van der Waals surface area contributed by atoms with Gasteiger partial charge >= 0.3 is 6.18 Å². The van der Waals surface area contributed by atoms with Gasteiger partial charge in [0.05, 0.1) is 11.3 Å². The SMILES string of the molecule is Cc1nc(C(F)(F)F)ccc1C(=O)Nc1cccc(C(=O)N2CCCC2)c1C. The van der Waals surface area contributed by atoms with Gasteiger partial charge in [0, 0.05) is 24.3 Å². The van der Waals surface area contributed by atoms with Gasteiger partial charge in [0.2, 0.25) is 0 Å². The molecule has 0 radical (unpaired) electrons. The normalized spacial score (nSPS) is 14.2. The number of nitrogens with zero attached hydrogens (tertiary/aromatic N) is 2. The van der Waals surface area contributed by atoms with Crippen LogP contribution in [-0.2, 0) is 6.18 Å². The first-order chi connectivity index (χ1) is 13.2. The third kappa shape index (κ3) is 4.00. The van der Waals surface area contributed by atoms with E-state index in [0.29, 0.717) is 29.9 Å². The van der Waals surface area contributed by atoms with Crippen LogP contribution >= 0.6 is 0 Å². The Labute approximate surface area is 160 Å². The minimum atomic E-state index is -4.57. The number of carbonyl (C=O) groups is 2. The molecule has 0 atom stereocenters. The summed E-state index contributed by atoms with van der Waals surface area (Å²) in [7, 11) is 0. The van der Waals surface area contributed by atoms with Crippen molar-refractivity contribution in [2.45, 2.75) is 32.9 Å². The number of carbonyl (C=O) groups excluding carboxylic acids is 2. The fourth-order valence-corrected chi connectivity index (χ4v) is 3.24. The number of anilines is 1. The summed E-state index contributed by atoms with van der Waals surface area (Å²) in [6, 6.07) is 6.92. The summed E-state index contributed by atoms with van der Waals surface area (Å²) in [5.74, 6) is -0.661. The Kier molecular flexibility index (Phi) is 5.40. The van der Waals surface area contributed by atoms with Gasteiger partial charge in [0.25, 0.3) is 11.8 Å². The van der Waals surface area contributed by atoms with E-state index in [4.69, 9.17) is 0 Å². The lowest BCUT2D eigenvalue weighted by Crippen LogP contribution is -2.28. The minimum absolute atomic E-state index is 0.0192. The van der Waals surface area contributed by atoms with Crippen LogP contribution in [-0.4, -0.2) is 34.8 Å². The molecule has 2 amide bonds. The third-order valence-corrected chi connectivity index (χ3v) is 4.83. The van der Waals surface area contributed by atoms with Crippen LogP contribution in [0.1, 0.15) is 50.5 Å². The van der Waals surface area contributed by atoms with Gasteiger partial charge in [0.1, 0.15) is 5.69 Å². The molecule has 0 spiro atoms. The van der Waals surface area contributed by atoms with Crippen LogP contribution in [0, 0.1) is 13.8 Å². The van der Waals surface area contributed by atoms with Crippen molar-refractivity contribution in [1.29, 1.82) is 0 Å². The molecule has 0 aliphatic carbocycles. The number of nitrogens with one attached hydrogen (secondary N) is 1. The zero-order valence-corrected chi connectivity index (χ0v) is 15.6. The second-order valence-electron chi connectivity index (χ2n) is 6.76. The smallest absolute Gasteiger partial charge is 0.339 e. The molecule has 1 saturated heterocycles. The Morgan fingerprint density at radius 3 is 2.32 bits per heavy atom. The number of aryl methyl sites for hydroxylation is 1. The topological polar surface area (TPSA) is 62.3 Å². The molecule has 1 N–H and O–H groups in total. The molecule has 1 fully saturated rings. The van der Waals surface area contributed by atoms with Gasteiger partial charge in [-0.25, -0.2) is 4.98 Å². The van der Waals surface area contributed by atoms with Crippen molar-refractivity contribution in [1.82, 2.24) is 9.88 Å². The zero-order valence-electron chi connectivity index (χ0n) is 15.6. The Morgan fingerprint density at radius 1 is 1.04 bits per heavy atom. The lowest BCUT2D eigenvalue weighted by molar-refractivity contribution is -0.141. The number of aromatic nitrogens is 1. The first-order valence-electron chi connectivity index (χ1n) is 8.93. The van der Waals surface area contributed by atoms with E-state index in [-0.39, 0.29) is 17.2 Å². The molecule has 0 saturated carbocycles. The molecule has 1 aromatic carbocycles. The lowest BCUT2D eigenvalue weighted by Gasteiger charge is -2.18. The Balaban J connectivity index is 1.83. The van der Waals surface area contributed by atoms with Crippen molar-refractivity contribution in [3.63, 3.8) is 0 Å². The van der Waals surface area contributed by atoms with E-state index in [1.54, 1.807) is 30.0 Å². The molecule has 0 unspecified atom stereocenters. The van der Waals surface area contributed by atoms with E-state index in [2.05, 4.69) is 10.3 Å². The summed E-state index contributed by atoms with van der Waals surface area (Å²) in [6.07, 6.45) is -2.62. The molecule has 3 rings (SSSR count). The molecule has 1 aliphatic rings. The van der Waals surface area contributed by atoms with Crippen LogP contribution in [0.4, 0.5) is 18.9 Å². The van der Waals surface area contributed by atoms with Crippen LogP contribution < -0.4 is 5.32 Å². The Hall–Kier alpha value is -2.90. The summed E-state index contributed by atoms with van der Waals surface area (Å²) in [6.45, 7) is 4.51. The van der Waals surface area contributed by atoms with Crippen molar-refractivity contribution in [3.8, 4) is 0 Å². The number of benzene rings is 1. The van der Waals surface area contributed by atoms with Crippen LogP contribution in [0.5, 0.6) is 0 Å². The van der Waals surface area contributed by atoms with Gasteiger partial charge < -0.3 is 10.2 Å². The molecule has 1 aliphatic heterocycles. The predicted octanol–water partition coefficient (Wildman–Crippen LogP) is 4.21. The van der Waals surface area contributed by atoms with Crippen molar-refractivity contribution in [2.24, 2.45) is 0 Å². The van der Waals surface area contributed by atoms with Crippen molar-refractivity contribution < 1.29 is 22.8 Å². The molecule has 0 bridgehead atoms. The summed E-state index contributed by atoms with van der Waals surface area (Å²) in [5.41, 5.74) is 0.537. The number of amides is 2. The molecule has 5 nitrogen and oxygen atoms in total. The van der Waals surface area contributed by atoms with Gasteiger partial charge in [-0.1, -0.05) is 6.07 Å². The average molecular weight is 391 g/mol. The maximum Gasteiger partial charge on any atom is 0.433 e.